The molecule has 0 aliphatic heterocycles. The van der Waals surface area contributed by atoms with Crippen LogP contribution >= 0.6 is 0 Å². The highest BCUT2D eigenvalue weighted by molar-refractivity contribution is 5.76. The van der Waals surface area contributed by atoms with Gasteiger partial charge in [-0.25, -0.2) is 0 Å². The zero-order chi connectivity index (χ0) is 11.0. The number of nitrogens with one attached hydrogen (secondary N) is 2. The molecule has 4 nitrogen and oxygen atoms in total. The van der Waals surface area contributed by atoms with Crippen LogP contribution in [-0.2, 0) is 4.79 Å². The van der Waals surface area contributed by atoms with Crippen LogP contribution in [0, 0.1) is 0 Å². The molecular formula is C10H22N2O2. The van der Waals surface area contributed by atoms with E-state index in [-0.39, 0.29) is 24.6 Å². The van der Waals surface area contributed by atoms with Crippen LogP contribution in [-0.4, -0.2) is 36.2 Å². The van der Waals surface area contributed by atoms with Crippen LogP contribution in [0.2, 0.25) is 0 Å². The van der Waals surface area contributed by atoms with E-state index in [1.807, 2.05) is 20.8 Å². The van der Waals surface area contributed by atoms with Gasteiger partial charge in [0, 0.05) is 25.0 Å². The Balaban J connectivity index is 3.48. The second-order valence-electron chi connectivity index (χ2n) is 3.71. The minimum Gasteiger partial charge on any atom is -0.395 e. The number of carbonyl (C=O) groups excluding carboxylic acids is 1. The van der Waals surface area contributed by atoms with Crippen LogP contribution in [0.25, 0.3) is 0 Å². The summed E-state index contributed by atoms with van der Waals surface area (Å²) in [6, 6.07) is 0.309. The number of aliphatic hydroxyl groups is 1. The van der Waals surface area contributed by atoms with Gasteiger partial charge in [0.15, 0.2) is 0 Å². The quantitative estimate of drug-likeness (QED) is 0.555. The summed E-state index contributed by atoms with van der Waals surface area (Å²) in [5.41, 5.74) is 0. The minimum absolute atomic E-state index is 0.0558. The SMILES string of the molecule is CCC(CO)NCCC(=O)NC(C)C. The normalized spacial score (nSPS) is 12.9. The third-order valence-corrected chi connectivity index (χ3v) is 1.95. The van der Waals surface area contributed by atoms with Gasteiger partial charge in [0.05, 0.1) is 6.61 Å². The lowest BCUT2D eigenvalue weighted by molar-refractivity contribution is -0.121. The molecule has 0 rings (SSSR count). The van der Waals surface area contributed by atoms with Crippen molar-refractivity contribution in [2.45, 2.75) is 45.7 Å². The summed E-state index contributed by atoms with van der Waals surface area (Å²) >= 11 is 0. The monoisotopic (exact) mass is 202 g/mol. The van der Waals surface area contributed by atoms with Gasteiger partial charge in [-0.15, -0.1) is 0 Å². The molecule has 84 valence electrons. The van der Waals surface area contributed by atoms with E-state index in [1.54, 1.807) is 0 Å². The maximum absolute atomic E-state index is 11.2. The number of hydrogen-bond acceptors (Lipinski definition) is 3. The molecule has 0 aliphatic rings. The van der Waals surface area contributed by atoms with Gasteiger partial charge in [-0.3, -0.25) is 4.79 Å². The first-order chi connectivity index (χ1) is 6.60. The zero-order valence-electron chi connectivity index (χ0n) is 9.34. The molecule has 0 aromatic rings. The second-order valence-corrected chi connectivity index (χ2v) is 3.71. The molecule has 0 heterocycles. The Bertz CT molecular complexity index is 156. The van der Waals surface area contributed by atoms with Gasteiger partial charge < -0.3 is 15.7 Å². The molecule has 1 unspecified atom stereocenters. The van der Waals surface area contributed by atoms with Crippen LogP contribution in [0.5, 0.6) is 0 Å². The van der Waals surface area contributed by atoms with E-state index in [4.69, 9.17) is 5.11 Å². The van der Waals surface area contributed by atoms with Crippen LogP contribution in [0.15, 0.2) is 0 Å². The summed E-state index contributed by atoms with van der Waals surface area (Å²) in [6.07, 6.45) is 1.34. The third kappa shape index (κ3) is 6.86. The molecule has 0 aromatic heterocycles. The van der Waals surface area contributed by atoms with E-state index in [9.17, 15) is 4.79 Å². The number of rotatable bonds is 7. The molecule has 0 aliphatic carbocycles. The van der Waals surface area contributed by atoms with Crippen molar-refractivity contribution in [3.63, 3.8) is 0 Å². The molecule has 0 radical (unpaired) electrons. The van der Waals surface area contributed by atoms with E-state index in [0.717, 1.165) is 6.42 Å². The molecule has 0 fully saturated rings. The van der Waals surface area contributed by atoms with Crippen molar-refractivity contribution in [2.75, 3.05) is 13.2 Å². The van der Waals surface area contributed by atoms with E-state index >= 15 is 0 Å². The molecule has 0 aromatic carbocycles. The van der Waals surface area contributed by atoms with Crippen molar-refractivity contribution in [1.82, 2.24) is 10.6 Å². The molecule has 4 heteroatoms. The van der Waals surface area contributed by atoms with Crippen LogP contribution in [0.3, 0.4) is 0 Å². The van der Waals surface area contributed by atoms with E-state index in [0.29, 0.717) is 13.0 Å². The second kappa shape index (κ2) is 7.76. The number of aliphatic hydroxyl groups excluding tert-OH is 1. The van der Waals surface area contributed by atoms with Crippen molar-refractivity contribution < 1.29 is 9.90 Å². The summed E-state index contributed by atoms with van der Waals surface area (Å²) in [7, 11) is 0. The van der Waals surface area contributed by atoms with Crippen molar-refractivity contribution >= 4 is 5.91 Å². The highest BCUT2D eigenvalue weighted by Crippen LogP contribution is 1.89. The Labute approximate surface area is 86.1 Å². The summed E-state index contributed by atoms with van der Waals surface area (Å²) in [5, 5.41) is 14.8. The molecule has 0 saturated carbocycles. The lowest BCUT2D eigenvalue weighted by atomic mass is 10.2. The third-order valence-electron chi connectivity index (χ3n) is 1.95. The Morgan fingerprint density at radius 1 is 1.43 bits per heavy atom. The summed E-state index contributed by atoms with van der Waals surface area (Å²) in [5.74, 6) is 0.0558. The Kier molecular flexibility index (Phi) is 7.42. The van der Waals surface area contributed by atoms with Gasteiger partial charge >= 0.3 is 0 Å². The standard InChI is InChI=1S/C10H22N2O2/c1-4-9(7-13)11-6-5-10(14)12-8(2)3/h8-9,11,13H,4-7H2,1-3H3,(H,12,14). The fourth-order valence-electron chi connectivity index (χ4n) is 1.12. The lowest BCUT2D eigenvalue weighted by Gasteiger charge is -2.14. The molecule has 14 heavy (non-hydrogen) atoms. The van der Waals surface area contributed by atoms with Gasteiger partial charge in [-0.2, -0.15) is 0 Å². The highest BCUT2D eigenvalue weighted by Gasteiger charge is 2.05. The van der Waals surface area contributed by atoms with Crippen molar-refractivity contribution in [3.05, 3.63) is 0 Å². The fourth-order valence-corrected chi connectivity index (χ4v) is 1.12. The molecule has 0 bridgehead atoms. The predicted molar refractivity (Wildman–Crippen MR) is 57.1 cm³/mol. The number of hydrogen-bond donors (Lipinski definition) is 3. The molecule has 0 saturated heterocycles. The fraction of sp³-hybridized carbons (Fsp3) is 0.900. The first-order valence-electron chi connectivity index (χ1n) is 5.23. The molecule has 1 atom stereocenters. The molecule has 0 spiro atoms. The number of amides is 1. The first-order valence-corrected chi connectivity index (χ1v) is 5.23. The smallest absolute Gasteiger partial charge is 0.221 e. The molecule has 3 N–H and O–H groups in total. The average molecular weight is 202 g/mol. The Morgan fingerprint density at radius 3 is 2.50 bits per heavy atom. The maximum atomic E-state index is 11.2. The molecular weight excluding hydrogens is 180 g/mol. The topological polar surface area (TPSA) is 61.4 Å². The van der Waals surface area contributed by atoms with Crippen LogP contribution in [0.1, 0.15) is 33.6 Å². The highest BCUT2D eigenvalue weighted by atomic mass is 16.3. The summed E-state index contributed by atoms with van der Waals surface area (Å²) < 4.78 is 0. The minimum atomic E-state index is 0.0558. The largest absolute Gasteiger partial charge is 0.395 e. The van der Waals surface area contributed by atoms with Crippen LogP contribution in [0.4, 0.5) is 0 Å². The van der Waals surface area contributed by atoms with Gasteiger partial charge in [0.2, 0.25) is 5.91 Å². The van der Waals surface area contributed by atoms with Gasteiger partial charge in [-0.05, 0) is 20.3 Å². The predicted octanol–water partition coefficient (Wildman–Crippen LogP) is 0.262. The number of carbonyl (C=O) groups is 1. The summed E-state index contributed by atoms with van der Waals surface area (Å²) in [4.78, 5) is 11.2. The van der Waals surface area contributed by atoms with Crippen molar-refractivity contribution in [3.8, 4) is 0 Å². The lowest BCUT2D eigenvalue weighted by Crippen LogP contribution is -2.37. The zero-order valence-corrected chi connectivity index (χ0v) is 9.34. The van der Waals surface area contributed by atoms with Gasteiger partial charge in [-0.1, -0.05) is 6.92 Å². The average Bonchev–Trinajstić information content (AvgIpc) is 2.11. The van der Waals surface area contributed by atoms with E-state index < -0.39 is 0 Å². The van der Waals surface area contributed by atoms with Crippen LogP contribution < -0.4 is 10.6 Å². The summed E-state index contributed by atoms with van der Waals surface area (Å²) in [6.45, 7) is 6.63. The van der Waals surface area contributed by atoms with E-state index in [1.165, 1.54) is 0 Å². The van der Waals surface area contributed by atoms with Crippen molar-refractivity contribution in [1.29, 1.82) is 0 Å². The Morgan fingerprint density at radius 2 is 2.07 bits per heavy atom. The van der Waals surface area contributed by atoms with Gasteiger partial charge in [0.1, 0.15) is 0 Å². The van der Waals surface area contributed by atoms with Gasteiger partial charge in [0.25, 0.3) is 0 Å². The molecule has 1 amide bonds. The van der Waals surface area contributed by atoms with Crippen molar-refractivity contribution in [2.24, 2.45) is 0 Å². The van der Waals surface area contributed by atoms with E-state index in [2.05, 4.69) is 10.6 Å². The Hall–Kier alpha value is -0.610. The first kappa shape index (κ1) is 13.4. The maximum Gasteiger partial charge on any atom is 0.221 e.